The molecular weight excluding hydrogens is 272 g/mol. The topological polar surface area (TPSA) is 26.3 Å². The third kappa shape index (κ3) is 2.58. The second kappa shape index (κ2) is 4.69. The average molecular weight is 304 g/mol. The van der Waals surface area contributed by atoms with Crippen LogP contribution in [0.2, 0.25) is 0 Å². The van der Waals surface area contributed by atoms with Gasteiger partial charge in [-0.2, -0.15) is 0 Å². The highest BCUT2D eigenvalue weighted by molar-refractivity contribution is 5.99. The summed E-state index contributed by atoms with van der Waals surface area (Å²) in [5.74, 6) is 0.361. The molecule has 1 saturated carbocycles. The van der Waals surface area contributed by atoms with Crippen LogP contribution in [0.15, 0.2) is 11.1 Å². The first-order valence-electron chi connectivity index (χ1n) is 8.90. The average Bonchev–Trinajstić information content (AvgIpc) is 2.20. The van der Waals surface area contributed by atoms with Gasteiger partial charge in [-0.25, -0.2) is 0 Å². The molecule has 0 amide bonds. The fraction of sp³-hybridized carbons (Fsp3) is 0.850. The minimum absolute atomic E-state index is 0.112. The summed E-state index contributed by atoms with van der Waals surface area (Å²) >= 11 is 0. The lowest BCUT2D eigenvalue weighted by atomic mass is 9.49. The SMILES string of the molecule is CCO[C@@]12CC(C)(C)C[C@](C)(CC3=C1C(=O)CC(C)(C)C3)C2. The second-order valence-electron chi connectivity index (χ2n) is 10.0. The molecule has 0 aromatic heterocycles. The Morgan fingerprint density at radius 2 is 1.59 bits per heavy atom. The lowest BCUT2D eigenvalue weighted by Crippen LogP contribution is -2.55. The largest absolute Gasteiger partial charge is 0.370 e. The highest BCUT2D eigenvalue weighted by Crippen LogP contribution is 2.62. The summed E-state index contributed by atoms with van der Waals surface area (Å²) in [4.78, 5) is 13.0. The number of rotatable bonds is 2. The summed E-state index contributed by atoms with van der Waals surface area (Å²) < 4.78 is 6.37. The summed E-state index contributed by atoms with van der Waals surface area (Å²) in [6.45, 7) is 14.3. The number of allylic oxidation sites excluding steroid dienone is 1. The standard InChI is InChI=1S/C20H32O2/c1-7-22-20-12-18(4,5)11-19(6,13-20)9-14-8-17(2,3)10-15(21)16(14)20/h7-13H2,1-6H3/t19-,20+/m0/s1. The minimum atomic E-state index is -0.313. The Morgan fingerprint density at radius 1 is 0.909 bits per heavy atom. The van der Waals surface area contributed by atoms with Crippen molar-refractivity contribution in [3.8, 4) is 0 Å². The molecule has 3 rings (SSSR count). The third-order valence-electron chi connectivity index (χ3n) is 5.86. The van der Waals surface area contributed by atoms with Crippen LogP contribution in [0.3, 0.4) is 0 Å². The molecule has 3 aliphatic carbocycles. The van der Waals surface area contributed by atoms with E-state index in [1.54, 1.807) is 0 Å². The molecule has 3 aliphatic rings. The zero-order valence-corrected chi connectivity index (χ0v) is 15.3. The molecule has 2 heteroatoms. The molecule has 0 aromatic rings. The van der Waals surface area contributed by atoms with Crippen molar-refractivity contribution in [2.24, 2.45) is 16.2 Å². The van der Waals surface area contributed by atoms with E-state index in [-0.39, 0.29) is 21.8 Å². The number of ketones is 1. The fourth-order valence-electron chi connectivity index (χ4n) is 6.25. The van der Waals surface area contributed by atoms with E-state index in [4.69, 9.17) is 4.74 Å². The zero-order chi connectivity index (χ0) is 16.4. The van der Waals surface area contributed by atoms with E-state index in [2.05, 4.69) is 41.5 Å². The van der Waals surface area contributed by atoms with Gasteiger partial charge in [-0.15, -0.1) is 0 Å². The zero-order valence-electron chi connectivity index (χ0n) is 15.3. The van der Waals surface area contributed by atoms with Gasteiger partial charge in [0.25, 0.3) is 0 Å². The second-order valence-corrected chi connectivity index (χ2v) is 10.0. The number of hydrogen-bond donors (Lipinski definition) is 0. The van der Waals surface area contributed by atoms with Crippen LogP contribution in [0.1, 0.15) is 80.1 Å². The van der Waals surface area contributed by atoms with Crippen molar-refractivity contribution in [3.05, 3.63) is 11.1 Å². The van der Waals surface area contributed by atoms with E-state index >= 15 is 0 Å². The van der Waals surface area contributed by atoms with Gasteiger partial charge in [0.2, 0.25) is 0 Å². The molecule has 0 spiro atoms. The van der Waals surface area contributed by atoms with Crippen molar-refractivity contribution in [1.29, 1.82) is 0 Å². The number of Topliss-reactive ketones (excluding diaryl/α,β-unsaturated/α-hetero) is 1. The molecule has 2 atom stereocenters. The Balaban J connectivity index is 2.15. The van der Waals surface area contributed by atoms with Gasteiger partial charge in [-0.3, -0.25) is 4.79 Å². The van der Waals surface area contributed by atoms with Crippen LogP contribution in [0.5, 0.6) is 0 Å². The Morgan fingerprint density at radius 3 is 2.23 bits per heavy atom. The predicted octanol–water partition coefficient (Wildman–Crippen LogP) is 5.07. The van der Waals surface area contributed by atoms with Crippen LogP contribution in [0.4, 0.5) is 0 Å². The van der Waals surface area contributed by atoms with Crippen molar-refractivity contribution < 1.29 is 9.53 Å². The molecule has 1 fully saturated rings. The van der Waals surface area contributed by atoms with Crippen LogP contribution >= 0.6 is 0 Å². The molecule has 0 aromatic carbocycles. The van der Waals surface area contributed by atoms with Crippen molar-refractivity contribution >= 4 is 5.78 Å². The summed E-state index contributed by atoms with van der Waals surface area (Å²) in [6.07, 6.45) is 6.10. The number of fused-ring (bicyclic) bond motifs is 3. The van der Waals surface area contributed by atoms with Gasteiger partial charge < -0.3 is 4.74 Å². The van der Waals surface area contributed by atoms with Gasteiger partial charge in [-0.05, 0) is 55.3 Å². The van der Waals surface area contributed by atoms with E-state index in [1.807, 2.05) is 0 Å². The Kier molecular flexibility index (Phi) is 3.46. The Labute approximate surface area is 135 Å². The first-order valence-corrected chi connectivity index (χ1v) is 8.90. The molecule has 0 unspecified atom stereocenters. The summed E-state index contributed by atoms with van der Waals surface area (Å²) in [6, 6.07) is 0. The molecular formula is C20H32O2. The molecule has 2 nitrogen and oxygen atoms in total. The lowest BCUT2D eigenvalue weighted by Gasteiger charge is -2.58. The van der Waals surface area contributed by atoms with Crippen LogP contribution in [-0.2, 0) is 9.53 Å². The highest BCUT2D eigenvalue weighted by atomic mass is 16.5. The molecule has 0 radical (unpaired) electrons. The fourth-order valence-corrected chi connectivity index (χ4v) is 6.25. The van der Waals surface area contributed by atoms with Gasteiger partial charge in [0.05, 0.1) is 5.60 Å². The molecule has 0 heterocycles. The highest BCUT2D eigenvalue weighted by Gasteiger charge is 2.58. The van der Waals surface area contributed by atoms with E-state index < -0.39 is 0 Å². The van der Waals surface area contributed by atoms with Gasteiger partial charge in [-0.1, -0.05) is 40.2 Å². The molecule has 0 saturated heterocycles. The van der Waals surface area contributed by atoms with Crippen molar-refractivity contribution in [2.75, 3.05) is 6.61 Å². The van der Waals surface area contributed by atoms with E-state index in [1.165, 1.54) is 12.0 Å². The van der Waals surface area contributed by atoms with E-state index in [9.17, 15) is 4.79 Å². The van der Waals surface area contributed by atoms with Crippen LogP contribution in [0, 0.1) is 16.2 Å². The molecule has 0 aliphatic heterocycles. The Hall–Kier alpha value is -0.630. The van der Waals surface area contributed by atoms with Crippen molar-refractivity contribution in [3.63, 3.8) is 0 Å². The molecule has 22 heavy (non-hydrogen) atoms. The van der Waals surface area contributed by atoms with Crippen molar-refractivity contribution in [1.82, 2.24) is 0 Å². The Bertz CT molecular complexity index is 540. The summed E-state index contributed by atoms with van der Waals surface area (Å²) in [7, 11) is 0. The van der Waals surface area contributed by atoms with Gasteiger partial charge >= 0.3 is 0 Å². The normalized spacial score (nSPS) is 39.6. The quantitative estimate of drug-likeness (QED) is 0.712. The van der Waals surface area contributed by atoms with Crippen LogP contribution in [-0.4, -0.2) is 18.0 Å². The molecule has 0 N–H and O–H groups in total. The van der Waals surface area contributed by atoms with Crippen LogP contribution in [0.25, 0.3) is 0 Å². The number of carbonyl (C=O) groups excluding carboxylic acids is 1. The number of carbonyl (C=O) groups is 1. The molecule has 2 bridgehead atoms. The first kappa shape index (κ1) is 16.2. The summed E-state index contributed by atoms with van der Waals surface area (Å²) in [5.41, 5.74) is 2.82. The van der Waals surface area contributed by atoms with E-state index in [0.29, 0.717) is 18.8 Å². The number of ether oxygens (including phenoxy) is 1. The van der Waals surface area contributed by atoms with Gasteiger partial charge in [0, 0.05) is 18.6 Å². The summed E-state index contributed by atoms with van der Waals surface area (Å²) in [5, 5.41) is 0. The van der Waals surface area contributed by atoms with E-state index in [0.717, 1.165) is 31.3 Å². The van der Waals surface area contributed by atoms with Crippen LogP contribution < -0.4 is 0 Å². The molecule has 124 valence electrons. The predicted molar refractivity (Wildman–Crippen MR) is 89.8 cm³/mol. The maximum Gasteiger partial charge on any atom is 0.162 e. The monoisotopic (exact) mass is 304 g/mol. The number of hydrogen-bond acceptors (Lipinski definition) is 2. The maximum atomic E-state index is 13.0. The van der Waals surface area contributed by atoms with Gasteiger partial charge in [0.1, 0.15) is 0 Å². The third-order valence-corrected chi connectivity index (χ3v) is 5.86. The lowest BCUT2D eigenvalue weighted by molar-refractivity contribution is -0.138. The maximum absolute atomic E-state index is 13.0. The first-order chi connectivity index (χ1) is 10.0. The van der Waals surface area contributed by atoms with Crippen molar-refractivity contribution in [2.45, 2.75) is 85.7 Å². The van der Waals surface area contributed by atoms with Gasteiger partial charge in [0.15, 0.2) is 5.78 Å². The minimum Gasteiger partial charge on any atom is -0.370 e. The smallest absolute Gasteiger partial charge is 0.162 e.